The standard InChI is InChI=1S/C11H22N/c1-11(2,3)9-5-4-6-10(12)8-7-9/h9-10,12H,4-8H2,1-3H3. The van der Waals surface area contributed by atoms with E-state index in [0.29, 0.717) is 5.41 Å². The Labute approximate surface area is 76.7 Å². The van der Waals surface area contributed by atoms with Crippen molar-refractivity contribution in [2.24, 2.45) is 11.3 Å². The molecule has 1 fully saturated rings. The Morgan fingerprint density at radius 1 is 1.00 bits per heavy atom. The molecule has 0 aliphatic heterocycles. The molecule has 0 bridgehead atoms. The van der Waals surface area contributed by atoms with Crippen LogP contribution in [0.4, 0.5) is 0 Å². The summed E-state index contributed by atoms with van der Waals surface area (Å²) in [6.07, 6.45) is 6.15. The van der Waals surface area contributed by atoms with Crippen molar-refractivity contribution in [1.82, 2.24) is 5.73 Å². The van der Waals surface area contributed by atoms with E-state index < -0.39 is 0 Å². The van der Waals surface area contributed by atoms with Crippen molar-refractivity contribution in [1.29, 1.82) is 0 Å². The summed E-state index contributed by atoms with van der Waals surface area (Å²) in [4.78, 5) is 0. The zero-order valence-electron chi connectivity index (χ0n) is 8.69. The second-order valence-corrected chi connectivity index (χ2v) is 5.27. The molecule has 71 valence electrons. The van der Waals surface area contributed by atoms with Crippen LogP contribution in [0.5, 0.6) is 0 Å². The van der Waals surface area contributed by atoms with Gasteiger partial charge in [-0.25, -0.2) is 0 Å². The third kappa shape index (κ3) is 2.78. The summed E-state index contributed by atoms with van der Waals surface area (Å²) < 4.78 is 0. The third-order valence-electron chi connectivity index (χ3n) is 3.19. The second-order valence-electron chi connectivity index (χ2n) is 5.27. The summed E-state index contributed by atoms with van der Waals surface area (Å²) in [5.74, 6) is 0.854. The third-order valence-corrected chi connectivity index (χ3v) is 3.19. The normalized spacial score (nSPS) is 33.0. The van der Waals surface area contributed by atoms with Gasteiger partial charge in [0.15, 0.2) is 0 Å². The maximum atomic E-state index is 7.71. The molecule has 1 nitrogen and oxygen atoms in total. The SMILES string of the molecule is CC(C)(C)C1CCCC([NH])CC1. The second kappa shape index (κ2) is 3.78. The molecule has 1 saturated carbocycles. The van der Waals surface area contributed by atoms with Crippen molar-refractivity contribution in [2.75, 3.05) is 0 Å². The average Bonchev–Trinajstić information content (AvgIpc) is 2.11. The Hall–Kier alpha value is -0.0400. The Bertz CT molecular complexity index is 134. The van der Waals surface area contributed by atoms with Gasteiger partial charge in [0, 0.05) is 6.04 Å². The van der Waals surface area contributed by atoms with Gasteiger partial charge in [-0.2, -0.15) is 0 Å². The van der Waals surface area contributed by atoms with Gasteiger partial charge >= 0.3 is 0 Å². The highest BCUT2D eigenvalue weighted by Gasteiger charge is 2.26. The van der Waals surface area contributed by atoms with Crippen LogP contribution in [-0.4, -0.2) is 6.04 Å². The summed E-state index contributed by atoms with van der Waals surface area (Å²) >= 11 is 0. The van der Waals surface area contributed by atoms with Crippen LogP contribution in [0.15, 0.2) is 0 Å². The largest absolute Gasteiger partial charge is 0.255 e. The summed E-state index contributed by atoms with van der Waals surface area (Å²) in [7, 11) is 0. The minimum atomic E-state index is 0.234. The van der Waals surface area contributed by atoms with Gasteiger partial charge in [-0.1, -0.05) is 27.2 Å². The highest BCUT2D eigenvalue weighted by molar-refractivity contribution is 4.79. The first-order valence-electron chi connectivity index (χ1n) is 5.21. The van der Waals surface area contributed by atoms with Crippen LogP contribution >= 0.6 is 0 Å². The van der Waals surface area contributed by atoms with Gasteiger partial charge in [-0.3, -0.25) is 5.73 Å². The van der Waals surface area contributed by atoms with Crippen LogP contribution in [0.25, 0.3) is 0 Å². The van der Waals surface area contributed by atoms with Crippen molar-refractivity contribution in [3.63, 3.8) is 0 Å². The molecule has 0 amide bonds. The molecule has 2 atom stereocenters. The van der Waals surface area contributed by atoms with E-state index in [9.17, 15) is 0 Å². The van der Waals surface area contributed by atoms with Crippen LogP contribution in [0.2, 0.25) is 0 Å². The van der Waals surface area contributed by atoms with Crippen molar-refractivity contribution >= 4 is 0 Å². The average molecular weight is 168 g/mol. The molecule has 1 aliphatic carbocycles. The molecule has 1 radical (unpaired) electrons. The van der Waals surface area contributed by atoms with E-state index in [4.69, 9.17) is 5.73 Å². The lowest BCUT2D eigenvalue weighted by Crippen LogP contribution is -2.19. The fourth-order valence-electron chi connectivity index (χ4n) is 2.17. The maximum absolute atomic E-state index is 7.71. The summed E-state index contributed by atoms with van der Waals surface area (Å²) in [6, 6.07) is 0.234. The van der Waals surface area contributed by atoms with E-state index in [1.807, 2.05) is 0 Å². The number of rotatable bonds is 0. The van der Waals surface area contributed by atoms with Crippen LogP contribution in [0.3, 0.4) is 0 Å². The fraction of sp³-hybridized carbons (Fsp3) is 1.00. The monoisotopic (exact) mass is 168 g/mol. The van der Waals surface area contributed by atoms with Gasteiger partial charge in [0.2, 0.25) is 0 Å². The van der Waals surface area contributed by atoms with E-state index in [1.54, 1.807) is 0 Å². The lowest BCUT2D eigenvalue weighted by atomic mass is 9.76. The molecule has 0 aromatic rings. The zero-order valence-corrected chi connectivity index (χ0v) is 8.69. The Kier molecular flexibility index (Phi) is 3.16. The number of hydrogen-bond donors (Lipinski definition) is 0. The first-order valence-corrected chi connectivity index (χ1v) is 5.21. The predicted molar refractivity (Wildman–Crippen MR) is 52.9 cm³/mol. The lowest BCUT2D eigenvalue weighted by molar-refractivity contribution is 0.214. The van der Waals surface area contributed by atoms with Gasteiger partial charge < -0.3 is 0 Å². The highest BCUT2D eigenvalue weighted by Crippen LogP contribution is 2.36. The van der Waals surface area contributed by atoms with Crippen molar-refractivity contribution in [3.8, 4) is 0 Å². The fourth-order valence-corrected chi connectivity index (χ4v) is 2.17. The molecular formula is C11H22N. The van der Waals surface area contributed by atoms with Crippen LogP contribution in [0, 0.1) is 11.3 Å². The van der Waals surface area contributed by atoms with Crippen LogP contribution in [0.1, 0.15) is 52.9 Å². The minimum Gasteiger partial charge on any atom is -0.255 e. The lowest BCUT2D eigenvalue weighted by Gasteiger charge is -2.29. The van der Waals surface area contributed by atoms with E-state index in [2.05, 4.69) is 20.8 Å². The van der Waals surface area contributed by atoms with E-state index in [0.717, 1.165) is 18.8 Å². The predicted octanol–water partition coefficient (Wildman–Crippen LogP) is 3.26. The maximum Gasteiger partial charge on any atom is 0.0213 e. The van der Waals surface area contributed by atoms with Gasteiger partial charge in [-0.15, -0.1) is 0 Å². The molecular weight excluding hydrogens is 146 g/mol. The highest BCUT2D eigenvalue weighted by atomic mass is 14.6. The Balaban J connectivity index is 2.46. The molecule has 1 aliphatic rings. The topological polar surface area (TPSA) is 23.8 Å². The molecule has 1 rings (SSSR count). The Morgan fingerprint density at radius 2 is 1.67 bits per heavy atom. The van der Waals surface area contributed by atoms with E-state index in [1.165, 1.54) is 19.3 Å². The molecule has 2 unspecified atom stereocenters. The molecule has 1 N–H and O–H groups in total. The molecule has 0 spiro atoms. The molecule has 0 saturated heterocycles. The quantitative estimate of drug-likeness (QED) is 0.496. The van der Waals surface area contributed by atoms with Crippen LogP contribution in [-0.2, 0) is 0 Å². The molecule has 12 heavy (non-hydrogen) atoms. The van der Waals surface area contributed by atoms with Gasteiger partial charge in [-0.05, 0) is 37.0 Å². The van der Waals surface area contributed by atoms with Gasteiger partial charge in [0.25, 0.3) is 0 Å². The van der Waals surface area contributed by atoms with Crippen LogP contribution < -0.4 is 5.73 Å². The Morgan fingerprint density at radius 3 is 2.25 bits per heavy atom. The zero-order chi connectivity index (χ0) is 9.19. The summed E-state index contributed by atoms with van der Waals surface area (Å²) in [6.45, 7) is 7.01. The van der Waals surface area contributed by atoms with E-state index >= 15 is 0 Å². The van der Waals surface area contributed by atoms with E-state index in [-0.39, 0.29) is 6.04 Å². The molecule has 0 aromatic heterocycles. The van der Waals surface area contributed by atoms with Crippen molar-refractivity contribution < 1.29 is 0 Å². The summed E-state index contributed by atoms with van der Waals surface area (Å²) in [5.41, 5.74) is 8.17. The first-order chi connectivity index (χ1) is 5.50. The number of hydrogen-bond acceptors (Lipinski definition) is 0. The van der Waals surface area contributed by atoms with Gasteiger partial charge in [0.1, 0.15) is 0 Å². The first kappa shape index (κ1) is 10.0. The minimum absolute atomic E-state index is 0.234. The van der Waals surface area contributed by atoms with Crippen molar-refractivity contribution in [2.45, 2.75) is 58.9 Å². The molecule has 0 aromatic carbocycles. The molecule has 0 heterocycles. The van der Waals surface area contributed by atoms with Crippen molar-refractivity contribution in [3.05, 3.63) is 0 Å². The smallest absolute Gasteiger partial charge is 0.0213 e. The molecule has 1 heteroatoms. The summed E-state index contributed by atoms with van der Waals surface area (Å²) in [5, 5.41) is 0. The van der Waals surface area contributed by atoms with Gasteiger partial charge in [0.05, 0.1) is 0 Å². The number of nitrogens with one attached hydrogen (secondary N) is 1.